The molecule has 100 valence electrons. The van der Waals surface area contributed by atoms with Crippen molar-refractivity contribution in [3.05, 3.63) is 27.7 Å². The van der Waals surface area contributed by atoms with Gasteiger partial charge in [0.1, 0.15) is 5.75 Å². The highest BCUT2D eigenvalue weighted by atomic mass is 79.9. The lowest BCUT2D eigenvalue weighted by Gasteiger charge is -2.09. The topological polar surface area (TPSA) is 63.1 Å². The van der Waals surface area contributed by atoms with Crippen LogP contribution in [0.1, 0.15) is 11.1 Å². The second-order valence-electron chi connectivity index (χ2n) is 3.80. The van der Waals surface area contributed by atoms with Crippen LogP contribution in [0.5, 0.6) is 5.75 Å². The fraction of sp³-hybridized carbons (Fsp3) is 0.250. The molecule has 1 aliphatic heterocycles. The van der Waals surface area contributed by atoms with Crippen LogP contribution in [0.4, 0.5) is 0 Å². The fourth-order valence-corrected chi connectivity index (χ4v) is 2.70. The summed E-state index contributed by atoms with van der Waals surface area (Å²) in [6.45, 7) is 1.97. The summed E-state index contributed by atoms with van der Waals surface area (Å²) in [5.41, 5.74) is 1.89. The summed E-state index contributed by atoms with van der Waals surface area (Å²) in [5, 5.41) is 11.1. The van der Waals surface area contributed by atoms with Crippen molar-refractivity contribution in [1.82, 2.24) is 5.32 Å². The van der Waals surface area contributed by atoms with Crippen LogP contribution >= 0.6 is 27.7 Å². The van der Waals surface area contributed by atoms with Crippen LogP contribution in [0.15, 0.2) is 26.8 Å². The van der Waals surface area contributed by atoms with Gasteiger partial charge in [0.05, 0.1) is 23.5 Å². The molecule has 0 aliphatic carbocycles. The Bertz CT molecular complexity index is 572. The van der Waals surface area contributed by atoms with E-state index in [2.05, 4.69) is 31.4 Å². The summed E-state index contributed by atoms with van der Waals surface area (Å²) < 4.78 is 6.19. The van der Waals surface area contributed by atoms with Crippen LogP contribution in [-0.4, -0.2) is 30.2 Å². The monoisotopic (exact) mass is 341 g/mol. The first kappa shape index (κ1) is 14.1. The molecule has 0 radical (unpaired) electrons. The number of carbonyl (C=O) groups is 1. The Morgan fingerprint density at radius 2 is 2.32 bits per heavy atom. The summed E-state index contributed by atoms with van der Waals surface area (Å²) in [5.74, 6) is 1.07. The van der Waals surface area contributed by atoms with Crippen LogP contribution < -0.4 is 10.1 Å². The Labute approximate surface area is 123 Å². The molecule has 0 unspecified atom stereocenters. The molecule has 19 heavy (non-hydrogen) atoms. The number of amidine groups is 1. The molecule has 1 saturated heterocycles. The number of aryl methyl sites for hydroxylation is 1. The van der Waals surface area contributed by atoms with Crippen LogP contribution in [0.3, 0.4) is 0 Å². The van der Waals surface area contributed by atoms with Gasteiger partial charge in [0.25, 0.3) is 0 Å². The maximum absolute atomic E-state index is 11.0. The molecule has 0 saturated carbocycles. The van der Waals surface area contributed by atoms with Crippen molar-refractivity contribution in [3.8, 4) is 5.75 Å². The van der Waals surface area contributed by atoms with E-state index in [9.17, 15) is 4.79 Å². The van der Waals surface area contributed by atoms with Crippen molar-refractivity contribution in [2.75, 3.05) is 12.9 Å². The minimum atomic E-state index is -0.0461. The maximum Gasteiger partial charge on any atom is 0.236 e. The van der Waals surface area contributed by atoms with Gasteiger partial charge in [0.2, 0.25) is 5.91 Å². The number of rotatable bonds is 3. The number of nitrogens with zero attached hydrogens (tertiary/aromatic N) is 2. The van der Waals surface area contributed by atoms with E-state index in [0.717, 1.165) is 15.6 Å². The molecular weight excluding hydrogens is 330 g/mol. The molecule has 0 bridgehead atoms. The van der Waals surface area contributed by atoms with E-state index in [1.165, 1.54) is 11.8 Å². The highest BCUT2D eigenvalue weighted by molar-refractivity contribution is 9.10. The van der Waals surface area contributed by atoms with E-state index in [-0.39, 0.29) is 5.91 Å². The van der Waals surface area contributed by atoms with Gasteiger partial charge in [-0.1, -0.05) is 17.8 Å². The number of ether oxygens (including phenoxy) is 1. The van der Waals surface area contributed by atoms with Crippen LogP contribution in [-0.2, 0) is 4.79 Å². The number of thioether (sulfide) groups is 1. The van der Waals surface area contributed by atoms with Gasteiger partial charge in [0.15, 0.2) is 5.17 Å². The molecule has 1 N–H and O–H groups in total. The predicted molar refractivity (Wildman–Crippen MR) is 81.1 cm³/mol. The molecule has 1 aromatic rings. The Hall–Kier alpha value is -1.34. The average Bonchev–Trinajstić information content (AvgIpc) is 2.79. The van der Waals surface area contributed by atoms with Gasteiger partial charge < -0.3 is 10.1 Å². The van der Waals surface area contributed by atoms with E-state index >= 15 is 0 Å². The number of hydrogen-bond donors (Lipinski definition) is 1. The van der Waals surface area contributed by atoms with Crippen molar-refractivity contribution in [3.63, 3.8) is 0 Å². The number of hydrogen-bond acceptors (Lipinski definition) is 5. The number of carbonyl (C=O) groups excluding carboxylic acids is 1. The quantitative estimate of drug-likeness (QED) is 0.677. The average molecular weight is 342 g/mol. The Morgan fingerprint density at radius 3 is 2.95 bits per heavy atom. The van der Waals surface area contributed by atoms with Gasteiger partial charge in [-0.2, -0.15) is 5.10 Å². The molecule has 5 nitrogen and oxygen atoms in total. The summed E-state index contributed by atoms with van der Waals surface area (Å²) in [7, 11) is 1.61. The molecule has 0 atom stereocenters. The third-order valence-electron chi connectivity index (χ3n) is 2.49. The van der Waals surface area contributed by atoms with Crippen molar-refractivity contribution in [2.24, 2.45) is 10.2 Å². The third-order valence-corrected chi connectivity index (χ3v) is 3.98. The van der Waals surface area contributed by atoms with Gasteiger partial charge in [-0.05, 0) is 34.5 Å². The van der Waals surface area contributed by atoms with Crippen molar-refractivity contribution in [1.29, 1.82) is 0 Å². The number of halogens is 1. The SMILES string of the molecule is COc1c(Br)ccc(C)c1C=NN=C1NC(=O)CS1. The highest BCUT2D eigenvalue weighted by Gasteiger charge is 2.16. The zero-order chi connectivity index (χ0) is 13.8. The molecular formula is C12H12BrN3O2S. The number of amides is 1. The number of benzene rings is 1. The zero-order valence-electron chi connectivity index (χ0n) is 10.4. The predicted octanol–water partition coefficient (Wildman–Crippen LogP) is 2.32. The van der Waals surface area contributed by atoms with Crippen LogP contribution in [0.25, 0.3) is 0 Å². The molecule has 1 aromatic carbocycles. The lowest BCUT2D eigenvalue weighted by molar-refractivity contribution is -0.116. The van der Waals surface area contributed by atoms with Gasteiger partial charge in [-0.25, -0.2) is 0 Å². The first-order valence-corrected chi connectivity index (χ1v) is 7.26. The largest absolute Gasteiger partial charge is 0.495 e. The maximum atomic E-state index is 11.0. The second kappa shape index (κ2) is 6.21. The Kier molecular flexibility index (Phi) is 4.60. The van der Waals surface area contributed by atoms with Crippen molar-refractivity contribution < 1.29 is 9.53 Å². The summed E-state index contributed by atoms with van der Waals surface area (Å²) in [4.78, 5) is 11.0. The standard InChI is InChI=1S/C12H12BrN3O2S/c1-7-3-4-9(13)11(18-2)8(7)5-14-16-12-15-10(17)6-19-12/h3-5H,6H2,1-2H3,(H,15,16,17). The normalized spacial score (nSPS) is 17.2. The summed E-state index contributed by atoms with van der Waals surface area (Å²) >= 11 is 4.76. The van der Waals surface area contributed by atoms with Crippen LogP contribution in [0.2, 0.25) is 0 Å². The Morgan fingerprint density at radius 1 is 1.53 bits per heavy atom. The van der Waals surface area contributed by atoms with Crippen molar-refractivity contribution in [2.45, 2.75) is 6.92 Å². The lowest BCUT2D eigenvalue weighted by atomic mass is 10.1. The molecule has 1 fully saturated rings. The molecule has 1 amide bonds. The highest BCUT2D eigenvalue weighted by Crippen LogP contribution is 2.30. The van der Waals surface area contributed by atoms with E-state index in [1.54, 1.807) is 13.3 Å². The molecule has 1 heterocycles. The smallest absolute Gasteiger partial charge is 0.236 e. The van der Waals surface area contributed by atoms with E-state index in [4.69, 9.17) is 4.74 Å². The second-order valence-corrected chi connectivity index (χ2v) is 5.62. The third kappa shape index (κ3) is 3.36. The van der Waals surface area contributed by atoms with E-state index < -0.39 is 0 Å². The van der Waals surface area contributed by atoms with Crippen LogP contribution in [0, 0.1) is 6.92 Å². The molecule has 0 aromatic heterocycles. The molecule has 2 rings (SSSR count). The molecule has 0 spiro atoms. The van der Waals surface area contributed by atoms with E-state index in [0.29, 0.717) is 16.7 Å². The minimum Gasteiger partial charge on any atom is -0.495 e. The lowest BCUT2D eigenvalue weighted by Crippen LogP contribution is -2.19. The Balaban J connectivity index is 2.23. The summed E-state index contributed by atoms with van der Waals surface area (Å²) in [6.07, 6.45) is 1.62. The van der Waals surface area contributed by atoms with E-state index in [1.807, 2.05) is 19.1 Å². The minimum absolute atomic E-state index is 0.0461. The number of nitrogens with one attached hydrogen (secondary N) is 1. The number of methoxy groups -OCH3 is 1. The molecule has 1 aliphatic rings. The van der Waals surface area contributed by atoms with Gasteiger partial charge in [-0.15, -0.1) is 5.10 Å². The first-order valence-electron chi connectivity index (χ1n) is 5.48. The summed E-state index contributed by atoms with van der Waals surface area (Å²) in [6, 6.07) is 3.89. The zero-order valence-corrected chi connectivity index (χ0v) is 12.8. The fourth-order valence-electron chi connectivity index (χ4n) is 1.56. The van der Waals surface area contributed by atoms with Crippen molar-refractivity contribution >= 4 is 45.0 Å². The van der Waals surface area contributed by atoms with Gasteiger partial charge >= 0.3 is 0 Å². The van der Waals surface area contributed by atoms with Gasteiger partial charge in [-0.3, -0.25) is 4.79 Å². The first-order chi connectivity index (χ1) is 9.11. The molecule has 7 heteroatoms. The van der Waals surface area contributed by atoms with Gasteiger partial charge in [0, 0.05) is 5.56 Å².